The lowest BCUT2D eigenvalue weighted by Gasteiger charge is -1.93. The monoisotopic (exact) mass is 326 g/mol. The second-order valence-electron chi connectivity index (χ2n) is 3.35. The Balaban J connectivity index is 2.10. The van der Waals surface area contributed by atoms with Crippen molar-refractivity contribution in [3.63, 3.8) is 0 Å². The van der Waals surface area contributed by atoms with Crippen LogP contribution in [0.2, 0.25) is 4.34 Å². The number of benzene rings is 1. The molecule has 1 aromatic heterocycles. The Hall–Kier alpha value is -0.900. The van der Waals surface area contributed by atoms with E-state index in [1.807, 2.05) is 24.3 Å². The Bertz CT molecular complexity index is 557. The van der Waals surface area contributed by atoms with Crippen molar-refractivity contribution in [1.82, 2.24) is 0 Å². The Kier molecular flexibility index (Phi) is 4.15. The van der Waals surface area contributed by atoms with Gasteiger partial charge in [-0.1, -0.05) is 45.7 Å². The predicted molar refractivity (Wildman–Crippen MR) is 76.8 cm³/mol. The molecule has 0 aliphatic heterocycles. The Morgan fingerprint density at radius 3 is 2.47 bits per heavy atom. The summed E-state index contributed by atoms with van der Waals surface area (Å²) >= 11 is 10.4. The average molecular weight is 328 g/mol. The van der Waals surface area contributed by atoms with Crippen LogP contribution in [0.5, 0.6) is 0 Å². The quantitative estimate of drug-likeness (QED) is 0.569. The molecule has 0 unspecified atom stereocenters. The Labute approximate surface area is 117 Å². The maximum atomic E-state index is 11.8. The van der Waals surface area contributed by atoms with Crippen LogP contribution in [-0.2, 0) is 0 Å². The van der Waals surface area contributed by atoms with Crippen LogP contribution in [0.25, 0.3) is 6.08 Å². The van der Waals surface area contributed by atoms with Gasteiger partial charge < -0.3 is 0 Å². The van der Waals surface area contributed by atoms with E-state index in [0.29, 0.717) is 9.21 Å². The molecule has 0 aliphatic carbocycles. The van der Waals surface area contributed by atoms with Crippen LogP contribution >= 0.6 is 38.9 Å². The first-order valence-electron chi connectivity index (χ1n) is 4.88. The lowest BCUT2D eigenvalue weighted by atomic mass is 10.2. The molecule has 0 amide bonds. The maximum absolute atomic E-state index is 11.8. The summed E-state index contributed by atoms with van der Waals surface area (Å²) in [5, 5.41) is 0. The highest BCUT2D eigenvalue weighted by molar-refractivity contribution is 9.10. The molecule has 17 heavy (non-hydrogen) atoms. The zero-order chi connectivity index (χ0) is 12.3. The van der Waals surface area contributed by atoms with Gasteiger partial charge in [-0.05, 0) is 35.9 Å². The standard InChI is InChI=1S/C13H8BrClOS/c14-10-4-1-9(2-5-10)3-6-11(16)12-7-8-13(15)17-12/h1-8H. The summed E-state index contributed by atoms with van der Waals surface area (Å²) in [7, 11) is 0. The fourth-order valence-electron chi connectivity index (χ4n) is 1.27. The van der Waals surface area contributed by atoms with Gasteiger partial charge in [0.1, 0.15) is 0 Å². The van der Waals surface area contributed by atoms with Gasteiger partial charge in [0, 0.05) is 4.47 Å². The van der Waals surface area contributed by atoms with Crippen molar-refractivity contribution in [3.05, 3.63) is 61.7 Å². The van der Waals surface area contributed by atoms with Gasteiger partial charge >= 0.3 is 0 Å². The van der Waals surface area contributed by atoms with Crippen LogP contribution in [0.1, 0.15) is 15.2 Å². The van der Waals surface area contributed by atoms with Gasteiger partial charge in [-0.3, -0.25) is 4.79 Å². The largest absolute Gasteiger partial charge is 0.288 e. The van der Waals surface area contributed by atoms with Gasteiger partial charge in [0.05, 0.1) is 9.21 Å². The van der Waals surface area contributed by atoms with E-state index < -0.39 is 0 Å². The second kappa shape index (κ2) is 5.63. The molecule has 0 atom stereocenters. The van der Waals surface area contributed by atoms with Crippen LogP contribution in [0.15, 0.2) is 46.9 Å². The normalized spacial score (nSPS) is 10.9. The number of allylic oxidation sites excluding steroid dienone is 1. The minimum Gasteiger partial charge on any atom is -0.288 e. The van der Waals surface area contributed by atoms with Crippen molar-refractivity contribution in [2.75, 3.05) is 0 Å². The molecule has 86 valence electrons. The van der Waals surface area contributed by atoms with Crippen molar-refractivity contribution < 1.29 is 4.79 Å². The molecule has 0 fully saturated rings. The Morgan fingerprint density at radius 1 is 1.18 bits per heavy atom. The fourth-order valence-corrected chi connectivity index (χ4v) is 2.50. The Morgan fingerprint density at radius 2 is 1.88 bits per heavy atom. The molecule has 1 nitrogen and oxygen atoms in total. The first-order valence-corrected chi connectivity index (χ1v) is 6.87. The summed E-state index contributed by atoms with van der Waals surface area (Å²) in [5.74, 6) is -0.0233. The van der Waals surface area contributed by atoms with Crippen molar-refractivity contribution in [2.24, 2.45) is 0 Å². The molecule has 2 rings (SSSR count). The van der Waals surface area contributed by atoms with E-state index in [-0.39, 0.29) is 5.78 Å². The third-order valence-corrected chi connectivity index (χ3v) is 3.89. The summed E-state index contributed by atoms with van der Waals surface area (Å²) < 4.78 is 1.65. The second-order valence-corrected chi connectivity index (χ2v) is 5.98. The lowest BCUT2D eigenvalue weighted by molar-refractivity contribution is 0.105. The maximum Gasteiger partial charge on any atom is 0.195 e. The smallest absolute Gasteiger partial charge is 0.195 e. The molecule has 1 aromatic carbocycles. The van der Waals surface area contributed by atoms with E-state index in [1.54, 1.807) is 24.3 Å². The molecule has 2 aromatic rings. The number of rotatable bonds is 3. The minimum atomic E-state index is -0.0233. The van der Waals surface area contributed by atoms with Gasteiger partial charge in [0.25, 0.3) is 0 Å². The highest BCUT2D eigenvalue weighted by Crippen LogP contribution is 2.22. The molecule has 0 radical (unpaired) electrons. The van der Waals surface area contributed by atoms with Crippen LogP contribution < -0.4 is 0 Å². The van der Waals surface area contributed by atoms with Crippen molar-refractivity contribution >= 4 is 50.7 Å². The number of carbonyl (C=O) groups is 1. The van der Waals surface area contributed by atoms with E-state index in [2.05, 4.69) is 15.9 Å². The summed E-state index contributed by atoms with van der Waals surface area (Å²) in [6, 6.07) is 11.2. The van der Waals surface area contributed by atoms with Gasteiger partial charge in [-0.25, -0.2) is 0 Å². The average Bonchev–Trinajstić information content (AvgIpc) is 2.75. The van der Waals surface area contributed by atoms with E-state index in [9.17, 15) is 4.79 Å². The third kappa shape index (κ3) is 3.53. The van der Waals surface area contributed by atoms with Crippen LogP contribution in [-0.4, -0.2) is 5.78 Å². The van der Waals surface area contributed by atoms with Crippen molar-refractivity contribution in [2.45, 2.75) is 0 Å². The SMILES string of the molecule is O=C(C=Cc1ccc(Br)cc1)c1ccc(Cl)s1. The summed E-state index contributed by atoms with van der Waals surface area (Å²) in [6.45, 7) is 0. The third-order valence-electron chi connectivity index (χ3n) is 2.11. The van der Waals surface area contributed by atoms with E-state index >= 15 is 0 Å². The van der Waals surface area contributed by atoms with Crippen LogP contribution in [0.3, 0.4) is 0 Å². The molecular formula is C13H8BrClOS. The summed E-state index contributed by atoms with van der Waals surface area (Å²) in [5.41, 5.74) is 0.990. The van der Waals surface area contributed by atoms with Crippen molar-refractivity contribution in [3.8, 4) is 0 Å². The van der Waals surface area contributed by atoms with Gasteiger partial charge in [0.2, 0.25) is 0 Å². The van der Waals surface area contributed by atoms with Crippen LogP contribution in [0.4, 0.5) is 0 Å². The lowest BCUT2D eigenvalue weighted by Crippen LogP contribution is -1.88. The fraction of sp³-hybridized carbons (Fsp3) is 0. The van der Waals surface area contributed by atoms with E-state index in [1.165, 1.54) is 11.3 Å². The van der Waals surface area contributed by atoms with Gasteiger partial charge in [-0.2, -0.15) is 0 Å². The zero-order valence-electron chi connectivity index (χ0n) is 8.69. The van der Waals surface area contributed by atoms with Crippen molar-refractivity contribution in [1.29, 1.82) is 0 Å². The molecule has 0 saturated heterocycles. The van der Waals surface area contributed by atoms with Gasteiger partial charge in [0.15, 0.2) is 5.78 Å². The molecule has 0 saturated carbocycles. The number of hydrogen-bond donors (Lipinski definition) is 0. The topological polar surface area (TPSA) is 17.1 Å². The summed E-state index contributed by atoms with van der Waals surface area (Å²) in [6.07, 6.45) is 3.35. The molecule has 1 heterocycles. The minimum absolute atomic E-state index is 0.0233. The molecular weight excluding hydrogens is 320 g/mol. The number of carbonyl (C=O) groups excluding carboxylic acids is 1. The zero-order valence-corrected chi connectivity index (χ0v) is 11.8. The molecule has 0 bridgehead atoms. The van der Waals surface area contributed by atoms with Crippen LogP contribution in [0, 0.1) is 0 Å². The molecule has 4 heteroatoms. The van der Waals surface area contributed by atoms with Gasteiger partial charge in [-0.15, -0.1) is 11.3 Å². The molecule has 0 spiro atoms. The van der Waals surface area contributed by atoms with E-state index in [4.69, 9.17) is 11.6 Å². The number of ketones is 1. The molecule has 0 N–H and O–H groups in total. The highest BCUT2D eigenvalue weighted by Gasteiger charge is 2.04. The predicted octanol–water partition coefficient (Wildman–Crippen LogP) is 5.06. The number of hydrogen-bond acceptors (Lipinski definition) is 2. The number of halogens is 2. The molecule has 0 aliphatic rings. The first kappa shape index (κ1) is 12.6. The number of thiophene rings is 1. The summed E-state index contributed by atoms with van der Waals surface area (Å²) in [4.78, 5) is 12.4. The highest BCUT2D eigenvalue weighted by atomic mass is 79.9. The van der Waals surface area contributed by atoms with E-state index in [0.717, 1.165) is 10.0 Å². The first-order chi connectivity index (χ1) is 8.15.